The molecule has 1 aromatic heterocycles. The molecule has 0 bridgehead atoms. The minimum absolute atomic E-state index is 0.102. The highest BCUT2D eigenvalue weighted by atomic mass is 32.2. The van der Waals surface area contributed by atoms with Gasteiger partial charge < -0.3 is 4.74 Å². The molecule has 1 saturated carbocycles. The predicted octanol–water partition coefficient (Wildman–Crippen LogP) is 0.0165. The van der Waals surface area contributed by atoms with Crippen molar-refractivity contribution >= 4 is 32.7 Å². The van der Waals surface area contributed by atoms with Gasteiger partial charge in [0.25, 0.3) is 0 Å². The number of esters is 1. The van der Waals surface area contributed by atoms with E-state index in [1.807, 2.05) is 0 Å². The van der Waals surface area contributed by atoms with Crippen LogP contribution in [0.4, 0.5) is 5.13 Å². The third-order valence-electron chi connectivity index (χ3n) is 2.88. The van der Waals surface area contributed by atoms with Crippen LogP contribution in [0, 0.1) is 5.92 Å². The Labute approximate surface area is 108 Å². The maximum atomic E-state index is 12.1. The molecule has 8 nitrogen and oxygen atoms in total. The molecule has 0 spiro atoms. The van der Waals surface area contributed by atoms with E-state index in [0.717, 1.165) is 11.5 Å². The molecule has 0 aliphatic heterocycles. The van der Waals surface area contributed by atoms with Crippen LogP contribution in [0.2, 0.25) is 0 Å². The number of methoxy groups -OCH3 is 1. The van der Waals surface area contributed by atoms with Crippen molar-refractivity contribution in [2.24, 2.45) is 5.92 Å². The number of nitrogens with one attached hydrogen (secondary N) is 1. The van der Waals surface area contributed by atoms with Crippen LogP contribution in [-0.4, -0.2) is 41.5 Å². The summed E-state index contributed by atoms with van der Waals surface area (Å²) in [6, 6.07) is 0. The summed E-state index contributed by atoms with van der Waals surface area (Å²) in [4.78, 5) is 11.5. The Morgan fingerprint density at radius 2 is 2.28 bits per heavy atom. The molecule has 2 unspecified atom stereocenters. The number of carbonyl (C=O) groups is 1. The van der Waals surface area contributed by atoms with Crippen molar-refractivity contribution in [2.75, 3.05) is 11.8 Å². The zero-order valence-corrected chi connectivity index (χ0v) is 11.2. The van der Waals surface area contributed by atoms with Crippen molar-refractivity contribution < 1.29 is 17.9 Å². The molecular weight excluding hydrogens is 280 g/mol. The van der Waals surface area contributed by atoms with Crippen LogP contribution >= 0.6 is 11.5 Å². The van der Waals surface area contributed by atoms with Crippen molar-refractivity contribution in [3.05, 3.63) is 0 Å². The fraction of sp³-hybridized carbons (Fsp3) is 0.750. The summed E-state index contributed by atoms with van der Waals surface area (Å²) >= 11 is 0.845. The van der Waals surface area contributed by atoms with E-state index in [4.69, 9.17) is 0 Å². The van der Waals surface area contributed by atoms with Gasteiger partial charge in [-0.25, -0.2) is 8.42 Å². The molecule has 0 amide bonds. The Bertz CT molecular complexity index is 515. The smallest absolute Gasteiger partial charge is 0.310 e. The standard InChI is InChI=1S/C8H12N4O4S2/c1-16-7(13)5-3-2-4-6(5)18(14,15)10-8-9-11-12-17-8/h5-6H,2-4H2,1H3,(H,9,10,12). The van der Waals surface area contributed by atoms with Gasteiger partial charge in [0.1, 0.15) is 0 Å². The third kappa shape index (κ3) is 2.58. The molecule has 18 heavy (non-hydrogen) atoms. The first-order chi connectivity index (χ1) is 8.54. The number of sulfonamides is 1. The summed E-state index contributed by atoms with van der Waals surface area (Å²) in [5, 5.41) is 6.14. The van der Waals surface area contributed by atoms with E-state index in [0.29, 0.717) is 19.3 Å². The molecule has 2 atom stereocenters. The lowest BCUT2D eigenvalue weighted by molar-refractivity contribution is -0.145. The first-order valence-electron chi connectivity index (χ1n) is 5.29. The summed E-state index contributed by atoms with van der Waals surface area (Å²) in [7, 11) is -2.41. The Morgan fingerprint density at radius 3 is 2.89 bits per heavy atom. The molecule has 1 N–H and O–H groups in total. The van der Waals surface area contributed by atoms with Crippen molar-refractivity contribution in [3.63, 3.8) is 0 Å². The van der Waals surface area contributed by atoms with Crippen LogP contribution in [0.25, 0.3) is 0 Å². The van der Waals surface area contributed by atoms with Gasteiger partial charge in [-0.15, -0.1) is 0 Å². The fourth-order valence-corrected chi connectivity index (χ4v) is 4.40. The lowest BCUT2D eigenvalue weighted by Gasteiger charge is -2.17. The first-order valence-corrected chi connectivity index (χ1v) is 7.61. The van der Waals surface area contributed by atoms with Gasteiger partial charge in [0.15, 0.2) is 0 Å². The molecule has 1 aliphatic rings. The zero-order valence-electron chi connectivity index (χ0n) is 9.57. The van der Waals surface area contributed by atoms with Crippen molar-refractivity contribution in [3.8, 4) is 0 Å². The Kier molecular flexibility index (Phi) is 3.76. The van der Waals surface area contributed by atoms with Crippen LogP contribution in [-0.2, 0) is 19.6 Å². The van der Waals surface area contributed by atoms with Gasteiger partial charge in [0, 0.05) is 11.5 Å². The van der Waals surface area contributed by atoms with Gasteiger partial charge in [-0.1, -0.05) is 16.0 Å². The molecule has 10 heteroatoms. The summed E-state index contributed by atoms with van der Waals surface area (Å²) in [5.74, 6) is -1.10. The van der Waals surface area contributed by atoms with Crippen LogP contribution in [0.5, 0.6) is 0 Å². The summed E-state index contributed by atoms with van der Waals surface area (Å²) in [6.45, 7) is 0. The molecule has 1 aliphatic carbocycles. The summed E-state index contributed by atoms with van der Waals surface area (Å²) < 4.78 is 34.6. The van der Waals surface area contributed by atoms with Crippen LogP contribution in [0.15, 0.2) is 0 Å². The maximum absolute atomic E-state index is 12.1. The average Bonchev–Trinajstić information content (AvgIpc) is 2.97. The van der Waals surface area contributed by atoms with E-state index < -0.39 is 27.2 Å². The Morgan fingerprint density at radius 1 is 1.50 bits per heavy atom. The second kappa shape index (κ2) is 5.14. The Hall–Kier alpha value is -1.29. The van der Waals surface area contributed by atoms with E-state index in [1.54, 1.807) is 0 Å². The van der Waals surface area contributed by atoms with Gasteiger partial charge in [-0.2, -0.15) is 0 Å². The molecule has 1 aromatic rings. The number of hydrogen-bond donors (Lipinski definition) is 1. The van der Waals surface area contributed by atoms with Gasteiger partial charge in [-0.3, -0.25) is 9.52 Å². The van der Waals surface area contributed by atoms with Gasteiger partial charge in [0.2, 0.25) is 15.2 Å². The number of carbonyl (C=O) groups excluding carboxylic acids is 1. The van der Waals surface area contributed by atoms with Crippen molar-refractivity contribution in [2.45, 2.75) is 24.5 Å². The van der Waals surface area contributed by atoms with Gasteiger partial charge >= 0.3 is 5.97 Å². The SMILES string of the molecule is COC(=O)C1CCCC1S(=O)(=O)Nc1nnns1. The molecule has 100 valence electrons. The van der Waals surface area contributed by atoms with E-state index in [9.17, 15) is 13.2 Å². The highest BCUT2D eigenvalue weighted by molar-refractivity contribution is 7.93. The molecule has 2 rings (SSSR count). The lowest BCUT2D eigenvalue weighted by atomic mass is 10.1. The van der Waals surface area contributed by atoms with Gasteiger partial charge in [0.05, 0.1) is 18.3 Å². The molecular formula is C8H12N4O4S2. The van der Waals surface area contributed by atoms with Crippen molar-refractivity contribution in [1.82, 2.24) is 14.8 Å². The van der Waals surface area contributed by atoms with Crippen molar-refractivity contribution in [1.29, 1.82) is 0 Å². The number of hydrogen-bond acceptors (Lipinski definition) is 8. The topological polar surface area (TPSA) is 111 Å². The first kappa shape index (κ1) is 13.1. The average molecular weight is 292 g/mol. The largest absolute Gasteiger partial charge is 0.469 e. The lowest BCUT2D eigenvalue weighted by Crippen LogP contribution is -2.35. The predicted molar refractivity (Wildman–Crippen MR) is 63.4 cm³/mol. The number of nitrogens with zero attached hydrogens (tertiary/aromatic N) is 3. The number of anilines is 1. The minimum atomic E-state index is -3.67. The molecule has 1 fully saturated rings. The minimum Gasteiger partial charge on any atom is -0.469 e. The normalized spacial score (nSPS) is 23.8. The van der Waals surface area contributed by atoms with E-state index >= 15 is 0 Å². The Balaban J connectivity index is 2.16. The van der Waals surface area contributed by atoms with Gasteiger partial charge in [-0.05, 0) is 18.1 Å². The third-order valence-corrected chi connectivity index (χ3v) is 5.36. The van der Waals surface area contributed by atoms with Crippen LogP contribution < -0.4 is 4.72 Å². The van der Waals surface area contributed by atoms with Crippen LogP contribution in [0.1, 0.15) is 19.3 Å². The second-order valence-corrected chi connectivity index (χ2v) is 6.55. The highest BCUT2D eigenvalue weighted by Gasteiger charge is 2.42. The summed E-state index contributed by atoms with van der Waals surface area (Å²) in [5.41, 5.74) is 0. The summed E-state index contributed by atoms with van der Waals surface area (Å²) in [6.07, 6.45) is 1.63. The van der Waals surface area contributed by atoms with E-state index in [-0.39, 0.29) is 5.13 Å². The molecule has 0 aromatic carbocycles. The molecule has 0 radical (unpaired) electrons. The highest BCUT2D eigenvalue weighted by Crippen LogP contribution is 2.32. The maximum Gasteiger partial charge on any atom is 0.310 e. The fourth-order valence-electron chi connectivity index (χ4n) is 2.09. The number of rotatable bonds is 4. The zero-order chi connectivity index (χ0) is 13.2. The quantitative estimate of drug-likeness (QED) is 0.778. The number of aromatic nitrogens is 3. The molecule has 1 heterocycles. The van der Waals surface area contributed by atoms with E-state index in [1.165, 1.54) is 7.11 Å². The molecule has 0 saturated heterocycles. The van der Waals surface area contributed by atoms with E-state index in [2.05, 4.69) is 24.3 Å². The number of ether oxygens (including phenoxy) is 1. The second-order valence-electron chi connectivity index (χ2n) is 3.91. The monoisotopic (exact) mass is 292 g/mol. The van der Waals surface area contributed by atoms with Crippen LogP contribution in [0.3, 0.4) is 0 Å².